The zero-order chi connectivity index (χ0) is 19.3. The summed E-state index contributed by atoms with van der Waals surface area (Å²) < 4.78 is 13.6. The molecule has 4 aromatic rings. The smallest absolute Gasteiger partial charge is 0.270 e. The van der Waals surface area contributed by atoms with Gasteiger partial charge in [0.05, 0.1) is 5.69 Å². The number of fused-ring (bicyclic) bond motifs is 2. The lowest BCUT2D eigenvalue weighted by Crippen LogP contribution is -2.39. The monoisotopic (exact) mass is 378 g/mol. The zero-order valence-corrected chi connectivity index (χ0v) is 15.4. The van der Waals surface area contributed by atoms with E-state index in [1.807, 2.05) is 11.8 Å². The molecule has 0 radical (unpaired) electrons. The van der Waals surface area contributed by atoms with E-state index in [2.05, 4.69) is 25.1 Å². The van der Waals surface area contributed by atoms with E-state index in [0.29, 0.717) is 24.4 Å². The third kappa shape index (κ3) is 2.64. The summed E-state index contributed by atoms with van der Waals surface area (Å²) in [5.41, 5.74) is 4.35. The van der Waals surface area contributed by atoms with E-state index in [1.165, 1.54) is 12.1 Å². The van der Waals surface area contributed by atoms with Crippen LogP contribution in [0.4, 0.5) is 4.39 Å². The van der Waals surface area contributed by atoms with Gasteiger partial charge in [0, 0.05) is 42.3 Å². The Hall–Kier alpha value is -3.29. The molecule has 1 aliphatic heterocycles. The highest BCUT2D eigenvalue weighted by atomic mass is 19.1. The first-order valence-electron chi connectivity index (χ1n) is 9.34. The van der Waals surface area contributed by atoms with Crippen molar-refractivity contribution in [3.63, 3.8) is 0 Å². The fourth-order valence-electron chi connectivity index (χ4n) is 4.12. The number of halogens is 1. The van der Waals surface area contributed by atoms with Crippen molar-refractivity contribution in [1.82, 2.24) is 30.0 Å². The summed E-state index contributed by atoms with van der Waals surface area (Å²) in [6.45, 7) is 3.12. The molecule has 1 amide bonds. The summed E-state index contributed by atoms with van der Waals surface area (Å²) in [4.78, 5) is 26.8. The van der Waals surface area contributed by atoms with Gasteiger partial charge in [-0.1, -0.05) is 0 Å². The van der Waals surface area contributed by atoms with E-state index in [0.717, 1.165) is 40.5 Å². The Morgan fingerprint density at radius 2 is 2.14 bits per heavy atom. The van der Waals surface area contributed by atoms with Crippen molar-refractivity contribution < 1.29 is 9.18 Å². The van der Waals surface area contributed by atoms with Gasteiger partial charge in [-0.15, -0.1) is 0 Å². The topological polar surface area (TPSA) is 90.6 Å². The van der Waals surface area contributed by atoms with Crippen LogP contribution in [-0.2, 0) is 0 Å². The molecule has 0 unspecified atom stereocenters. The van der Waals surface area contributed by atoms with E-state index in [-0.39, 0.29) is 17.6 Å². The second kappa shape index (κ2) is 6.40. The minimum Gasteiger partial charge on any atom is -0.350 e. The second-order valence-corrected chi connectivity index (χ2v) is 7.27. The lowest BCUT2D eigenvalue weighted by atomic mass is 9.94. The molecule has 0 aliphatic carbocycles. The van der Waals surface area contributed by atoms with Crippen LogP contribution < -0.4 is 0 Å². The van der Waals surface area contributed by atoms with Crippen LogP contribution in [0.15, 0.2) is 30.6 Å². The molecule has 142 valence electrons. The summed E-state index contributed by atoms with van der Waals surface area (Å²) in [5, 5.41) is 8.03. The number of nitrogens with zero attached hydrogens (tertiary/aromatic N) is 4. The van der Waals surface area contributed by atoms with Crippen LogP contribution in [0.25, 0.3) is 22.1 Å². The van der Waals surface area contributed by atoms with Crippen LogP contribution in [0.3, 0.4) is 0 Å². The van der Waals surface area contributed by atoms with Gasteiger partial charge in [0.15, 0.2) is 5.65 Å². The molecule has 4 heterocycles. The Labute approximate surface area is 160 Å². The predicted octanol–water partition coefficient (Wildman–Crippen LogP) is 3.30. The third-order valence-corrected chi connectivity index (χ3v) is 5.57. The van der Waals surface area contributed by atoms with Crippen molar-refractivity contribution in [2.75, 3.05) is 13.1 Å². The number of nitrogens with one attached hydrogen (secondary N) is 2. The summed E-state index contributed by atoms with van der Waals surface area (Å²) >= 11 is 0. The molecular weight excluding hydrogens is 359 g/mol. The van der Waals surface area contributed by atoms with Gasteiger partial charge in [0.1, 0.15) is 17.0 Å². The summed E-state index contributed by atoms with van der Waals surface area (Å²) in [6.07, 6.45) is 5.12. The van der Waals surface area contributed by atoms with Crippen LogP contribution in [-0.4, -0.2) is 49.0 Å². The molecule has 8 heteroatoms. The molecule has 1 saturated heterocycles. The van der Waals surface area contributed by atoms with Crippen molar-refractivity contribution in [2.45, 2.75) is 25.7 Å². The molecule has 2 N–H and O–H groups in total. The van der Waals surface area contributed by atoms with Crippen molar-refractivity contribution in [3.05, 3.63) is 53.4 Å². The molecule has 7 nitrogen and oxygen atoms in total. The first-order chi connectivity index (χ1) is 13.6. The number of carbonyl (C=O) groups is 1. The minimum absolute atomic E-state index is 0.0614. The van der Waals surface area contributed by atoms with Crippen molar-refractivity contribution in [2.24, 2.45) is 0 Å². The first-order valence-corrected chi connectivity index (χ1v) is 9.34. The van der Waals surface area contributed by atoms with Crippen LogP contribution in [0, 0.1) is 12.7 Å². The van der Waals surface area contributed by atoms with Gasteiger partial charge in [-0.25, -0.2) is 14.4 Å². The maximum absolute atomic E-state index is 13.6. The van der Waals surface area contributed by atoms with Gasteiger partial charge < -0.3 is 9.88 Å². The number of aromatic amines is 2. The number of H-pyrrole nitrogens is 2. The van der Waals surface area contributed by atoms with E-state index >= 15 is 0 Å². The Morgan fingerprint density at radius 3 is 3.04 bits per heavy atom. The number of aromatic nitrogens is 5. The number of amides is 1. The molecule has 1 atom stereocenters. The molecule has 0 bridgehead atoms. The summed E-state index contributed by atoms with van der Waals surface area (Å²) in [6, 6.07) is 4.53. The molecule has 1 fully saturated rings. The lowest BCUT2D eigenvalue weighted by Gasteiger charge is -2.32. The zero-order valence-electron chi connectivity index (χ0n) is 15.4. The highest BCUT2D eigenvalue weighted by Gasteiger charge is 2.30. The van der Waals surface area contributed by atoms with E-state index in [4.69, 9.17) is 0 Å². The Balaban J connectivity index is 1.45. The molecule has 1 aromatic carbocycles. The predicted molar refractivity (Wildman–Crippen MR) is 103 cm³/mol. The molecule has 1 aliphatic rings. The van der Waals surface area contributed by atoms with Crippen LogP contribution in [0.2, 0.25) is 0 Å². The normalized spacial score (nSPS) is 17.5. The molecule has 0 spiro atoms. The van der Waals surface area contributed by atoms with Crippen molar-refractivity contribution in [1.29, 1.82) is 0 Å². The van der Waals surface area contributed by atoms with E-state index in [9.17, 15) is 9.18 Å². The fraction of sp³-hybridized carbons (Fsp3) is 0.300. The van der Waals surface area contributed by atoms with Gasteiger partial charge in [0.25, 0.3) is 5.91 Å². The summed E-state index contributed by atoms with van der Waals surface area (Å²) in [5.74, 6) is -0.242. The maximum atomic E-state index is 13.6. The maximum Gasteiger partial charge on any atom is 0.270 e. The fourth-order valence-corrected chi connectivity index (χ4v) is 4.12. The first kappa shape index (κ1) is 16.9. The molecule has 0 saturated carbocycles. The van der Waals surface area contributed by atoms with Gasteiger partial charge in [-0.3, -0.25) is 9.89 Å². The largest absolute Gasteiger partial charge is 0.350 e. The van der Waals surface area contributed by atoms with Crippen molar-refractivity contribution >= 4 is 28.0 Å². The van der Waals surface area contributed by atoms with Gasteiger partial charge in [-0.2, -0.15) is 5.10 Å². The van der Waals surface area contributed by atoms with Gasteiger partial charge in [-0.05, 0) is 43.5 Å². The number of aryl methyl sites for hydroxylation is 1. The van der Waals surface area contributed by atoms with Crippen LogP contribution in [0.5, 0.6) is 0 Å². The number of benzene rings is 1. The van der Waals surface area contributed by atoms with Gasteiger partial charge >= 0.3 is 0 Å². The highest BCUT2D eigenvalue weighted by Crippen LogP contribution is 2.31. The molecule has 28 heavy (non-hydrogen) atoms. The number of hydrogen-bond acceptors (Lipinski definition) is 4. The van der Waals surface area contributed by atoms with Crippen molar-refractivity contribution in [3.8, 4) is 0 Å². The number of piperidine rings is 1. The molecular formula is C20H19FN6O. The quantitative estimate of drug-likeness (QED) is 0.560. The minimum atomic E-state index is -0.307. The van der Waals surface area contributed by atoms with Crippen LogP contribution >= 0.6 is 0 Å². The van der Waals surface area contributed by atoms with E-state index in [1.54, 1.807) is 18.5 Å². The lowest BCUT2D eigenvalue weighted by molar-refractivity contribution is 0.0700. The number of rotatable bonds is 2. The SMILES string of the molecule is Cc1c(C(=O)N2CCC[C@@H](c3[nH]nc4nccnc34)C2)[nH]c2ccc(F)cc12. The molecule has 5 rings (SSSR count). The Morgan fingerprint density at radius 1 is 1.29 bits per heavy atom. The Kier molecular flexibility index (Phi) is 3.85. The second-order valence-electron chi connectivity index (χ2n) is 7.27. The van der Waals surface area contributed by atoms with E-state index < -0.39 is 0 Å². The third-order valence-electron chi connectivity index (χ3n) is 5.57. The Bertz CT molecular complexity index is 1200. The average molecular weight is 378 g/mol. The number of hydrogen-bond donors (Lipinski definition) is 2. The highest BCUT2D eigenvalue weighted by molar-refractivity contribution is 6.01. The molecule has 3 aromatic heterocycles. The standard InChI is InChI=1S/C20H19FN6O/c1-11-14-9-13(21)4-5-15(14)24-16(11)20(28)27-8-2-3-12(10-27)17-18-19(26-25-17)23-7-6-22-18/h4-7,9,12,24H,2-3,8,10H2,1H3,(H,23,25,26)/t12-/m1/s1. The average Bonchev–Trinajstić information content (AvgIpc) is 3.29. The number of carbonyl (C=O) groups excluding carboxylic acids is 1. The summed E-state index contributed by atoms with van der Waals surface area (Å²) in [7, 11) is 0. The number of likely N-dealkylation sites (tertiary alicyclic amines) is 1. The van der Waals surface area contributed by atoms with Crippen LogP contribution in [0.1, 0.15) is 40.5 Å². The van der Waals surface area contributed by atoms with Gasteiger partial charge in [0.2, 0.25) is 0 Å².